The average Bonchev–Trinajstić information content (AvgIpc) is 3.67. The van der Waals surface area contributed by atoms with E-state index in [1.165, 1.54) is 11.8 Å². The highest BCUT2D eigenvalue weighted by atomic mass is 32.2. The molecule has 4 heterocycles. The number of anilines is 2. The molecule has 194 valence electrons. The van der Waals surface area contributed by atoms with Crippen LogP contribution in [0, 0.1) is 24.2 Å². The van der Waals surface area contributed by atoms with Crippen LogP contribution in [0.4, 0.5) is 16.2 Å². The summed E-state index contributed by atoms with van der Waals surface area (Å²) in [5.74, 6) is -0.117. The van der Waals surface area contributed by atoms with E-state index >= 15 is 0 Å². The molecule has 1 aliphatic carbocycles. The van der Waals surface area contributed by atoms with Crippen LogP contribution in [0.25, 0.3) is 0 Å². The fourth-order valence-electron chi connectivity index (χ4n) is 5.47. The number of piperidine rings is 1. The highest BCUT2D eigenvalue weighted by molar-refractivity contribution is 8.01. The minimum Gasteiger partial charge on any atom is -0.351 e. The highest BCUT2D eigenvalue weighted by Gasteiger charge is 2.47. The second-order valence-corrected chi connectivity index (χ2v) is 11.4. The highest BCUT2D eigenvalue weighted by Crippen LogP contribution is 2.50. The summed E-state index contributed by atoms with van der Waals surface area (Å²) in [7, 11) is 0. The van der Waals surface area contributed by atoms with Crippen molar-refractivity contribution in [1.29, 1.82) is 5.26 Å². The van der Waals surface area contributed by atoms with Crippen molar-refractivity contribution in [3.05, 3.63) is 59.3 Å². The Balaban J connectivity index is 1.19. The maximum absolute atomic E-state index is 13.5. The molecule has 4 amide bonds. The third-order valence-corrected chi connectivity index (χ3v) is 8.84. The van der Waals surface area contributed by atoms with Crippen LogP contribution in [-0.4, -0.2) is 52.1 Å². The Hall–Kier alpha value is -3.84. The van der Waals surface area contributed by atoms with Crippen LogP contribution in [-0.2, 0) is 9.59 Å². The summed E-state index contributed by atoms with van der Waals surface area (Å²) < 4.78 is 0. The molecule has 1 saturated carbocycles. The molecule has 2 fully saturated rings. The molecular weight excluding hydrogens is 500 g/mol. The van der Waals surface area contributed by atoms with E-state index in [1.54, 1.807) is 22.1 Å². The molecule has 38 heavy (non-hydrogen) atoms. The lowest BCUT2D eigenvalue weighted by molar-refractivity contribution is -0.129. The Morgan fingerprint density at radius 3 is 2.79 bits per heavy atom. The first-order chi connectivity index (χ1) is 18.4. The van der Waals surface area contributed by atoms with E-state index in [2.05, 4.69) is 21.7 Å². The van der Waals surface area contributed by atoms with Crippen molar-refractivity contribution in [2.24, 2.45) is 5.92 Å². The largest absolute Gasteiger partial charge is 0.351 e. The Morgan fingerprint density at radius 2 is 2.03 bits per heavy atom. The van der Waals surface area contributed by atoms with Crippen LogP contribution >= 0.6 is 11.8 Å². The van der Waals surface area contributed by atoms with E-state index in [0.717, 1.165) is 53.2 Å². The van der Waals surface area contributed by atoms with Crippen molar-refractivity contribution in [2.75, 3.05) is 18.0 Å². The number of hydrogen-bond donors (Lipinski definition) is 2. The number of likely N-dealkylation sites (tertiary alicyclic amines) is 1. The van der Waals surface area contributed by atoms with E-state index in [-0.39, 0.29) is 29.5 Å². The first kappa shape index (κ1) is 24.5. The predicted molar refractivity (Wildman–Crippen MR) is 143 cm³/mol. The van der Waals surface area contributed by atoms with Gasteiger partial charge in [0.2, 0.25) is 5.91 Å². The van der Waals surface area contributed by atoms with Crippen molar-refractivity contribution in [3.63, 3.8) is 0 Å². The van der Waals surface area contributed by atoms with Gasteiger partial charge in [0, 0.05) is 30.9 Å². The molecular formula is C28H28N6O3S. The standard InChI is InChI=1S/C28H28N6O3S/c1-16-5-2-3-7-20(16)34-21-10-11-30-26-22(21)23(32-28(34)37)24(38-26)25(35)31-19-6-4-12-33(15-19)27(36)18(14-29)13-17-8-9-17/h2-3,5,7,10-11,13,17,19,23-24H,4,6,8-9,12,15H2,1H3,(H,31,35)(H,32,37)/b18-13+/t19?,23?,24-/m1/s1. The number of benzene rings is 1. The van der Waals surface area contributed by atoms with Gasteiger partial charge in [-0.15, -0.1) is 0 Å². The number of carbonyl (C=O) groups is 3. The first-order valence-corrected chi connectivity index (χ1v) is 13.9. The lowest BCUT2D eigenvalue weighted by atomic mass is 9.98. The van der Waals surface area contributed by atoms with Crippen molar-refractivity contribution < 1.29 is 14.4 Å². The third kappa shape index (κ3) is 4.41. The Morgan fingerprint density at radius 1 is 1.21 bits per heavy atom. The summed E-state index contributed by atoms with van der Waals surface area (Å²) in [6.45, 7) is 2.89. The molecule has 3 atom stereocenters. The van der Waals surface area contributed by atoms with Gasteiger partial charge >= 0.3 is 6.03 Å². The van der Waals surface area contributed by atoms with Crippen molar-refractivity contribution in [2.45, 2.75) is 55.0 Å². The molecule has 0 spiro atoms. The van der Waals surface area contributed by atoms with Gasteiger partial charge in [-0.05, 0) is 56.2 Å². The number of pyridine rings is 1. The lowest BCUT2D eigenvalue weighted by Crippen LogP contribution is -2.54. The number of hydrogen-bond acceptors (Lipinski definition) is 6. The van der Waals surface area contributed by atoms with Gasteiger partial charge in [-0.2, -0.15) is 5.26 Å². The molecule has 1 saturated heterocycles. The summed E-state index contributed by atoms with van der Waals surface area (Å²) in [5.41, 5.74) is 3.54. The van der Waals surface area contributed by atoms with E-state index in [1.807, 2.05) is 37.3 Å². The van der Waals surface area contributed by atoms with Crippen LogP contribution in [0.5, 0.6) is 0 Å². The number of carbonyl (C=O) groups excluding carboxylic acids is 3. The molecule has 0 bridgehead atoms. The van der Waals surface area contributed by atoms with Crippen LogP contribution in [0.3, 0.4) is 0 Å². The molecule has 6 rings (SSSR count). The van der Waals surface area contributed by atoms with Gasteiger partial charge in [0.1, 0.15) is 21.9 Å². The summed E-state index contributed by atoms with van der Waals surface area (Å²) in [4.78, 5) is 47.6. The maximum Gasteiger partial charge on any atom is 0.327 e. The predicted octanol–water partition coefficient (Wildman–Crippen LogP) is 3.73. The van der Waals surface area contributed by atoms with Gasteiger partial charge in [-0.3, -0.25) is 14.5 Å². The first-order valence-electron chi connectivity index (χ1n) is 13.0. The average molecular weight is 529 g/mol. The quantitative estimate of drug-likeness (QED) is 0.451. The van der Waals surface area contributed by atoms with E-state index in [4.69, 9.17) is 0 Å². The molecule has 9 nitrogen and oxygen atoms in total. The van der Waals surface area contributed by atoms with Gasteiger partial charge in [-0.1, -0.05) is 36.0 Å². The van der Waals surface area contributed by atoms with E-state index < -0.39 is 11.3 Å². The zero-order valence-corrected chi connectivity index (χ0v) is 21.8. The zero-order valence-electron chi connectivity index (χ0n) is 21.0. The number of para-hydroxylation sites is 1. The smallest absolute Gasteiger partial charge is 0.327 e. The van der Waals surface area contributed by atoms with Gasteiger partial charge in [-0.25, -0.2) is 9.78 Å². The van der Waals surface area contributed by atoms with E-state index in [9.17, 15) is 19.6 Å². The summed E-state index contributed by atoms with van der Waals surface area (Å²) >= 11 is 1.36. The Labute approximate surface area is 225 Å². The van der Waals surface area contributed by atoms with Gasteiger partial charge < -0.3 is 15.5 Å². The molecule has 1 aromatic heterocycles. The maximum atomic E-state index is 13.5. The van der Waals surface area contributed by atoms with Crippen LogP contribution < -0.4 is 15.5 Å². The number of thioether (sulfide) groups is 1. The number of allylic oxidation sites excluding steroid dienone is 1. The zero-order chi connectivity index (χ0) is 26.4. The van der Waals surface area contributed by atoms with Crippen LogP contribution in [0.2, 0.25) is 0 Å². The van der Waals surface area contributed by atoms with Gasteiger partial charge in [0.25, 0.3) is 5.91 Å². The monoisotopic (exact) mass is 528 g/mol. The van der Waals surface area contributed by atoms with Crippen LogP contribution in [0.1, 0.15) is 42.9 Å². The number of aryl methyl sites for hydroxylation is 1. The number of nitrogens with zero attached hydrogens (tertiary/aromatic N) is 4. The fourth-order valence-corrected chi connectivity index (χ4v) is 6.70. The van der Waals surface area contributed by atoms with Gasteiger partial charge in [0.05, 0.1) is 17.4 Å². The molecule has 4 aliphatic rings. The molecule has 2 unspecified atom stereocenters. The Bertz CT molecular complexity index is 1400. The van der Waals surface area contributed by atoms with E-state index in [0.29, 0.717) is 19.0 Å². The molecule has 0 radical (unpaired) electrons. The van der Waals surface area contributed by atoms with Crippen molar-refractivity contribution in [3.8, 4) is 6.07 Å². The normalized spacial score (nSPS) is 24.4. The number of nitrogens with one attached hydrogen (secondary N) is 2. The molecule has 3 aliphatic heterocycles. The summed E-state index contributed by atoms with van der Waals surface area (Å²) in [5, 5.41) is 15.8. The second-order valence-electron chi connectivity index (χ2n) is 10.3. The summed E-state index contributed by atoms with van der Waals surface area (Å²) in [6.07, 6.45) is 7.00. The molecule has 10 heteroatoms. The fraction of sp³-hybridized carbons (Fsp3) is 0.393. The molecule has 1 aromatic carbocycles. The lowest BCUT2D eigenvalue weighted by Gasteiger charge is -2.36. The number of aromatic nitrogens is 1. The molecule has 2 aromatic rings. The third-order valence-electron chi connectivity index (χ3n) is 7.55. The van der Waals surface area contributed by atoms with Gasteiger partial charge in [0.15, 0.2) is 0 Å². The topological polar surface area (TPSA) is 118 Å². The van der Waals surface area contributed by atoms with Crippen molar-refractivity contribution in [1.82, 2.24) is 20.5 Å². The minimum absolute atomic E-state index is 0.193. The summed E-state index contributed by atoms with van der Waals surface area (Å²) in [6, 6.07) is 10.6. The molecule has 2 N–H and O–H groups in total. The number of nitriles is 1. The SMILES string of the molecule is Cc1ccccc1N1C(=O)NC2c3c1ccnc3S[C@H]2C(=O)NC1CCCN(C(=O)/C(C#N)=C/C2CC2)C1. The Kier molecular flexibility index (Phi) is 6.32. The minimum atomic E-state index is -0.572. The number of urea groups is 1. The van der Waals surface area contributed by atoms with Crippen molar-refractivity contribution >= 4 is 41.0 Å². The number of amides is 4. The van der Waals surface area contributed by atoms with Crippen LogP contribution in [0.15, 0.2) is 53.2 Å². The number of rotatable bonds is 5. The second kappa shape index (κ2) is 9.80.